The molecule has 0 amide bonds. The van der Waals surface area contributed by atoms with Gasteiger partial charge in [0.25, 0.3) is 0 Å². The first kappa shape index (κ1) is 14.6. The fourth-order valence-corrected chi connectivity index (χ4v) is 2.11. The zero-order valence-electron chi connectivity index (χ0n) is 11.6. The molecule has 1 aromatic heterocycles. The molecule has 1 N–H and O–H groups in total. The van der Waals surface area contributed by atoms with Crippen molar-refractivity contribution in [3.63, 3.8) is 0 Å². The quantitative estimate of drug-likeness (QED) is 0.827. The first-order chi connectivity index (χ1) is 9.70. The Bertz CT molecular complexity index is 548. The second kappa shape index (κ2) is 7.10. The first-order valence-corrected chi connectivity index (χ1v) is 7.02. The maximum atomic E-state index is 6.06. The van der Waals surface area contributed by atoms with Gasteiger partial charge in [0.1, 0.15) is 29.7 Å². The zero-order valence-corrected chi connectivity index (χ0v) is 12.4. The standard InChI is InChI=1S/C15H18ClN3O/c1-3-13-14(16)17-10-18-15(13)19-11(2)9-20-12-7-5-4-6-8-12/h4-8,10-11H,3,9H2,1-2H3,(H,17,18,19). The maximum Gasteiger partial charge on any atom is 0.137 e. The Kier molecular flexibility index (Phi) is 5.18. The van der Waals surface area contributed by atoms with E-state index in [2.05, 4.69) is 15.3 Å². The highest BCUT2D eigenvalue weighted by atomic mass is 35.5. The van der Waals surface area contributed by atoms with Crippen molar-refractivity contribution in [2.24, 2.45) is 0 Å². The van der Waals surface area contributed by atoms with Crippen LogP contribution in [0.1, 0.15) is 19.4 Å². The number of anilines is 1. The van der Waals surface area contributed by atoms with E-state index >= 15 is 0 Å². The first-order valence-electron chi connectivity index (χ1n) is 6.64. The topological polar surface area (TPSA) is 47.0 Å². The summed E-state index contributed by atoms with van der Waals surface area (Å²) in [7, 11) is 0. The van der Waals surface area contributed by atoms with Gasteiger partial charge in [-0.15, -0.1) is 0 Å². The van der Waals surface area contributed by atoms with Crippen molar-refractivity contribution in [3.05, 3.63) is 47.4 Å². The largest absolute Gasteiger partial charge is 0.491 e. The second-order valence-corrected chi connectivity index (χ2v) is 4.87. The molecule has 0 spiro atoms. The minimum atomic E-state index is 0.117. The molecule has 1 heterocycles. The van der Waals surface area contributed by atoms with Crippen LogP contribution in [0.3, 0.4) is 0 Å². The number of nitrogens with one attached hydrogen (secondary N) is 1. The van der Waals surface area contributed by atoms with E-state index in [0.29, 0.717) is 11.8 Å². The van der Waals surface area contributed by atoms with Crippen LogP contribution in [-0.4, -0.2) is 22.6 Å². The lowest BCUT2D eigenvalue weighted by molar-refractivity contribution is 0.303. The number of halogens is 1. The second-order valence-electron chi connectivity index (χ2n) is 4.51. The third-order valence-electron chi connectivity index (χ3n) is 2.87. The molecule has 0 aliphatic rings. The van der Waals surface area contributed by atoms with Gasteiger partial charge in [0, 0.05) is 5.56 Å². The van der Waals surface area contributed by atoms with Gasteiger partial charge >= 0.3 is 0 Å². The molecule has 20 heavy (non-hydrogen) atoms. The molecule has 0 bridgehead atoms. The summed E-state index contributed by atoms with van der Waals surface area (Å²) in [6, 6.07) is 9.86. The smallest absolute Gasteiger partial charge is 0.137 e. The fourth-order valence-electron chi connectivity index (χ4n) is 1.84. The van der Waals surface area contributed by atoms with Crippen LogP contribution in [0.2, 0.25) is 5.15 Å². The van der Waals surface area contributed by atoms with Crippen LogP contribution in [0.5, 0.6) is 5.75 Å². The average molecular weight is 292 g/mol. The molecule has 0 aliphatic heterocycles. The highest BCUT2D eigenvalue weighted by molar-refractivity contribution is 6.30. The van der Waals surface area contributed by atoms with Crippen molar-refractivity contribution in [3.8, 4) is 5.75 Å². The average Bonchev–Trinajstić information content (AvgIpc) is 2.46. The monoisotopic (exact) mass is 291 g/mol. The Hall–Kier alpha value is -1.81. The molecular formula is C15H18ClN3O. The summed E-state index contributed by atoms with van der Waals surface area (Å²) in [6.07, 6.45) is 2.25. The van der Waals surface area contributed by atoms with E-state index in [1.54, 1.807) is 0 Å². The predicted molar refractivity (Wildman–Crippen MR) is 81.4 cm³/mol. The summed E-state index contributed by atoms with van der Waals surface area (Å²) in [4.78, 5) is 8.24. The minimum Gasteiger partial charge on any atom is -0.491 e. The molecule has 0 saturated carbocycles. The molecular weight excluding hydrogens is 274 g/mol. The molecule has 0 aliphatic carbocycles. The highest BCUT2D eigenvalue weighted by Gasteiger charge is 2.11. The molecule has 0 fully saturated rings. The number of ether oxygens (including phenoxy) is 1. The summed E-state index contributed by atoms with van der Waals surface area (Å²) in [5.41, 5.74) is 0.931. The molecule has 0 radical (unpaired) electrons. The Morgan fingerprint density at radius 1 is 1.25 bits per heavy atom. The number of para-hydroxylation sites is 1. The molecule has 1 unspecified atom stereocenters. The van der Waals surface area contributed by atoms with Gasteiger partial charge in [-0.25, -0.2) is 9.97 Å². The molecule has 1 atom stereocenters. The zero-order chi connectivity index (χ0) is 14.4. The lowest BCUT2D eigenvalue weighted by Gasteiger charge is -2.17. The summed E-state index contributed by atoms with van der Waals surface area (Å²) in [5, 5.41) is 3.81. The van der Waals surface area contributed by atoms with Gasteiger partial charge in [0.05, 0.1) is 6.04 Å². The van der Waals surface area contributed by atoms with Crippen molar-refractivity contribution >= 4 is 17.4 Å². The highest BCUT2D eigenvalue weighted by Crippen LogP contribution is 2.20. The van der Waals surface area contributed by atoms with Gasteiger partial charge in [-0.1, -0.05) is 36.7 Å². The van der Waals surface area contributed by atoms with Crippen LogP contribution < -0.4 is 10.1 Å². The van der Waals surface area contributed by atoms with E-state index in [9.17, 15) is 0 Å². The van der Waals surface area contributed by atoms with Crippen LogP contribution in [0.25, 0.3) is 0 Å². The molecule has 1 aromatic carbocycles. The number of hydrogen-bond acceptors (Lipinski definition) is 4. The van der Waals surface area contributed by atoms with Gasteiger partial charge in [0.15, 0.2) is 0 Å². The van der Waals surface area contributed by atoms with Crippen LogP contribution in [0.4, 0.5) is 5.82 Å². The fraction of sp³-hybridized carbons (Fsp3) is 0.333. The molecule has 2 rings (SSSR count). The van der Waals surface area contributed by atoms with Gasteiger partial charge in [-0.2, -0.15) is 0 Å². The van der Waals surface area contributed by atoms with Crippen LogP contribution in [0, 0.1) is 0 Å². The van der Waals surface area contributed by atoms with E-state index in [0.717, 1.165) is 23.6 Å². The van der Waals surface area contributed by atoms with E-state index in [-0.39, 0.29) is 6.04 Å². The van der Waals surface area contributed by atoms with Crippen LogP contribution >= 0.6 is 11.6 Å². The lowest BCUT2D eigenvalue weighted by Crippen LogP contribution is -2.24. The number of hydrogen-bond donors (Lipinski definition) is 1. The molecule has 5 heteroatoms. The third-order valence-corrected chi connectivity index (χ3v) is 3.20. The van der Waals surface area contributed by atoms with E-state index in [1.807, 2.05) is 44.2 Å². The van der Waals surface area contributed by atoms with Crippen molar-refractivity contribution in [1.29, 1.82) is 0 Å². The van der Waals surface area contributed by atoms with Gasteiger partial charge in [-0.3, -0.25) is 0 Å². The van der Waals surface area contributed by atoms with Gasteiger partial charge in [0.2, 0.25) is 0 Å². The Morgan fingerprint density at radius 3 is 2.70 bits per heavy atom. The number of nitrogens with zero attached hydrogens (tertiary/aromatic N) is 2. The minimum absolute atomic E-state index is 0.117. The normalized spacial score (nSPS) is 11.9. The summed E-state index contributed by atoms with van der Waals surface area (Å²) in [6.45, 7) is 4.62. The van der Waals surface area contributed by atoms with Crippen LogP contribution in [0.15, 0.2) is 36.7 Å². The van der Waals surface area contributed by atoms with Crippen molar-refractivity contribution in [1.82, 2.24) is 9.97 Å². The van der Waals surface area contributed by atoms with Crippen molar-refractivity contribution in [2.75, 3.05) is 11.9 Å². The van der Waals surface area contributed by atoms with Gasteiger partial charge in [-0.05, 0) is 25.5 Å². The molecule has 106 valence electrons. The predicted octanol–water partition coefficient (Wildman–Crippen LogP) is 3.57. The number of aromatic nitrogens is 2. The Balaban J connectivity index is 1.95. The van der Waals surface area contributed by atoms with Crippen LogP contribution in [-0.2, 0) is 6.42 Å². The SMILES string of the molecule is CCc1c(Cl)ncnc1NC(C)COc1ccccc1. The van der Waals surface area contributed by atoms with E-state index in [1.165, 1.54) is 6.33 Å². The van der Waals surface area contributed by atoms with E-state index in [4.69, 9.17) is 16.3 Å². The summed E-state index contributed by atoms with van der Waals surface area (Å²) in [5.74, 6) is 1.63. The number of benzene rings is 1. The Labute approximate surface area is 124 Å². The lowest BCUT2D eigenvalue weighted by atomic mass is 10.2. The Morgan fingerprint density at radius 2 is 2.00 bits per heavy atom. The maximum absolute atomic E-state index is 6.06. The van der Waals surface area contributed by atoms with Crippen molar-refractivity contribution < 1.29 is 4.74 Å². The summed E-state index contributed by atoms with van der Waals surface area (Å²) >= 11 is 6.06. The third kappa shape index (κ3) is 3.84. The molecule has 4 nitrogen and oxygen atoms in total. The van der Waals surface area contributed by atoms with E-state index < -0.39 is 0 Å². The molecule has 0 saturated heterocycles. The number of rotatable bonds is 6. The van der Waals surface area contributed by atoms with Gasteiger partial charge < -0.3 is 10.1 Å². The summed E-state index contributed by atoms with van der Waals surface area (Å²) < 4.78 is 5.70. The molecule has 2 aromatic rings. The van der Waals surface area contributed by atoms with Crippen molar-refractivity contribution in [2.45, 2.75) is 26.3 Å².